The predicted molar refractivity (Wildman–Crippen MR) is 81.7 cm³/mol. The van der Waals surface area contributed by atoms with E-state index in [2.05, 4.69) is 9.71 Å². The van der Waals surface area contributed by atoms with Gasteiger partial charge >= 0.3 is 0 Å². The first-order chi connectivity index (χ1) is 9.44. The zero-order chi connectivity index (χ0) is 14.8. The SMILES string of the molecule is CCC(NS(=O)(=O)c1sc(Cl)nc1C)c1ccccc1. The van der Waals surface area contributed by atoms with Gasteiger partial charge in [0.05, 0.1) is 5.69 Å². The van der Waals surface area contributed by atoms with Crippen LogP contribution < -0.4 is 4.72 Å². The molecule has 20 heavy (non-hydrogen) atoms. The fraction of sp³-hybridized carbons (Fsp3) is 0.308. The monoisotopic (exact) mass is 330 g/mol. The van der Waals surface area contributed by atoms with Crippen molar-refractivity contribution in [1.82, 2.24) is 9.71 Å². The molecule has 0 fully saturated rings. The number of hydrogen-bond donors (Lipinski definition) is 1. The summed E-state index contributed by atoms with van der Waals surface area (Å²) in [5.74, 6) is 0. The maximum Gasteiger partial charge on any atom is 0.252 e. The van der Waals surface area contributed by atoms with Gasteiger partial charge in [-0.3, -0.25) is 0 Å². The van der Waals surface area contributed by atoms with Gasteiger partial charge in [0.1, 0.15) is 0 Å². The number of thiazole rings is 1. The molecule has 1 atom stereocenters. The van der Waals surface area contributed by atoms with Crippen molar-refractivity contribution in [2.24, 2.45) is 0 Å². The van der Waals surface area contributed by atoms with Gasteiger partial charge in [0.2, 0.25) is 0 Å². The molecule has 0 aliphatic carbocycles. The Hall–Kier alpha value is -0.950. The zero-order valence-electron chi connectivity index (χ0n) is 11.1. The maximum absolute atomic E-state index is 12.4. The molecule has 2 rings (SSSR count). The third-order valence-corrected chi connectivity index (χ3v) is 6.22. The first-order valence-electron chi connectivity index (χ1n) is 6.14. The van der Waals surface area contributed by atoms with Gasteiger partial charge in [-0.15, -0.1) is 0 Å². The molecule has 2 aromatic rings. The maximum atomic E-state index is 12.4. The van der Waals surface area contributed by atoms with E-state index in [0.29, 0.717) is 12.1 Å². The fourth-order valence-electron chi connectivity index (χ4n) is 1.91. The van der Waals surface area contributed by atoms with E-state index in [1.54, 1.807) is 6.92 Å². The van der Waals surface area contributed by atoms with Crippen LogP contribution in [-0.4, -0.2) is 13.4 Å². The number of nitrogens with one attached hydrogen (secondary N) is 1. The van der Waals surface area contributed by atoms with E-state index in [0.717, 1.165) is 16.9 Å². The minimum atomic E-state index is -3.61. The van der Waals surface area contributed by atoms with Crippen molar-refractivity contribution in [3.63, 3.8) is 0 Å². The number of aromatic nitrogens is 1. The minimum absolute atomic E-state index is 0.178. The van der Waals surface area contributed by atoms with E-state index in [9.17, 15) is 8.42 Å². The molecule has 1 heterocycles. The predicted octanol–water partition coefficient (Wildman–Crippen LogP) is 3.53. The van der Waals surface area contributed by atoms with E-state index in [-0.39, 0.29) is 14.7 Å². The van der Waals surface area contributed by atoms with Gasteiger partial charge in [0.15, 0.2) is 8.68 Å². The van der Waals surface area contributed by atoms with Crippen LogP contribution in [0.4, 0.5) is 0 Å². The second-order valence-corrected chi connectivity index (χ2v) is 7.82. The molecule has 0 bridgehead atoms. The van der Waals surface area contributed by atoms with E-state index in [1.165, 1.54) is 0 Å². The van der Waals surface area contributed by atoms with Crippen molar-refractivity contribution >= 4 is 33.0 Å². The largest absolute Gasteiger partial charge is 0.252 e. The van der Waals surface area contributed by atoms with Crippen LogP contribution in [0.5, 0.6) is 0 Å². The lowest BCUT2D eigenvalue weighted by Crippen LogP contribution is -2.28. The van der Waals surface area contributed by atoms with Gasteiger partial charge in [-0.25, -0.2) is 18.1 Å². The summed E-state index contributed by atoms with van der Waals surface area (Å²) in [6.45, 7) is 3.58. The highest BCUT2D eigenvalue weighted by atomic mass is 35.5. The molecule has 0 amide bonds. The molecule has 0 spiro atoms. The van der Waals surface area contributed by atoms with Crippen molar-refractivity contribution in [2.45, 2.75) is 30.5 Å². The highest BCUT2D eigenvalue weighted by molar-refractivity contribution is 7.91. The third-order valence-electron chi connectivity index (χ3n) is 2.88. The Kier molecular flexibility index (Phi) is 4.80. The summed E-state index contributed by atoms with van der Waals surface area (Å²) in [6.07, 6.45) is 0.662. The molecule has 4 nitrogen and oxygen atoms in total. The molecule has 0 aliphatic heterocycles. The Balaban J connectivity index is 2.29. The summed E-state index contributed by atoms with van der Waals surface area (Å²) >= 11 is 6.75. The topological polar surface area (TPSA) is 59.1 Å². The van der Waals surface area contributed by atoms with Gasteiger partial charge in [-0.1, -0.05) is 60.2 Å². The first kappa shape index (κ1) is 15.4. The smallest absolute Gasteiger partial charge is 0.229 e. The second kappa shape index (κ2) is 6.22. The normalized spacial score (nSPS) is 13.3. The average molecular weight is 331 g/mol. The summed E-state index contributed by atoms with van der Waals surface area (Å²) in [6, 6.07) is 9.23. The van der Waals surface area contributed by atoms with Gasteiger partial charge in [0.25, 0.3) is 10.0 Å². The molecule has 1 aromatic heterocycles. The summed E-state index contributed by atoms with van der Waals surface area (Å²) in [5.41, 5.74) is 1.36. The lowest BCUT2D eigenvalue weighted by Gasteiger charge is -2.17. The average Bonchev–Trinajstić information content (AvgIpc) is 2.77. The number of halogens is 1. The molecule has 1 unspecified atom stereocenters. The minimum Gasteiger partial charge on any atom is -0.229 e. The van der Waals surface area contributed by atoms with Gasteiger partial charge in [0, 0.05) is 6.04 Å². The number of sulfonamides is 1. The molecule has 0 radical (unpaired) electrons. The molecule has 108 valence electrons. The van der Waals surface area contributed by atoms with Gasteiger partial charge in [-0.2, -0.15) is 0 Å². The fourth-order valence-corrected chi connectivity index (χ4v) is 4.98. The van der Waals surface area contributed by atoms with Crippen molar-refractivity contribution in [2.75, 3.05) is 0 Å². The lowest BCUT2D eigenvalue weighted by atomic mass is 10.1. The number of aryl methyl sites for hydroxylation is 1. The van der Waals surface area contributed by atoms with E-state index >= 15 is 0 Å². The number of hydrogen-bond acceptors (Lipinski definition) is 4. The molecule has 0 aliphatic rings. The Labute approximate surface area is 127 Å². The Morgan fingerprint density at radius 3 is 2.50 bits per heavy atom. The summed E-state index contributed by atoms with van der Waals surface area (Å²) in [4.78, 5) is 3.95. The van der Waals surface area contributed by atoms with Crippen molar-refractivity contribution < 1.29 is 8.42 Å². The van der Waals surface area contributed by atoms with Crippen molar-refractivity contribution in [3.8, 4) is 0 Å². The molecule has 0 saturated carbocycles. The van der Waals surface area contributed by atoms with Crippen LogP contribution in [0.2, 0.25) is 4.47 Å². The molecular weight excluding hydrogens is 316 g/mol. The summed E-state index contributed by atoms with van der Waals surface area (Å²) in [7, 11) is -3.61. The number of rotatable bonds is 5. The van der Waals surface area contributed by atoms with Crippen LogP contribution in [-0.2, 0) is 10.0 Å². The highest BCUT2D eigenvalue weighted by Gasteiger charge is 2.25. The standard InChI is InChI=1S/C13H15ClN2O2S2/c1-3-11(10-7-5-4-6-8-10)16-20(17,18)12-9(2)15-13(14)19-12/h4-8,11,16H,3H2,1-2H3. The first-order valence-corrected chi connectivity index (χ1v) is 8.82. The van der Waals surface area contributed by atoms with Gasteiger partial charge < -0.3 is 0 Å². The van der Waals surface area contributed by atoms with Crippen molar-refractivity contribution in [1.29, 1.82) is 0 Å². The molecule has 1 aromatic carbocycles. The van der Waals surface area contributed by atoms with Crippen LogP contribution >= 0.6 is 22.9 Å². The quantitative estimate of drug-likeness (QED) is 0.912. The third kappa shape index (κ3) is 3.38. The number of benzene rings is 1. The van der Waals surface area contributed by atoms with Crippen LogP contribution in [0.1, 0.15) is 30.6 Å². The Bertz CT molecular complexity index is 684. The van der Waals surface area contributed by atoms with E-state index in [1.807, 2.05) is 37.3 Å². The van der Waals surface area contributed by atoms with Crippen LogP contribution in [0.25, 0.3) is 0 Å². The Morgan fingerprint density at radius 2 is 2.00 bits per heavy atom. The van der Waals surface area contributed by atoms with Crippen LogP contribution in [0.15, 0.2) is 34.5 Å². The summed E-state index contributed by atoms with van der Waals surface area (Å²) in [5, 5.41) is 0. The van der Waals surface area contributed by atoms with Crippen LogP contribution in [0, 0.1) is 6.92 Å². The lowest BCUT2D eigenvalue weighted by molar-refractivity contribution is 0.551. The second-order valence-electron chi connectivity index (χ2n) is 4.33. The molecule has 0 saturated heterocycles. The number of nitrogens with zero attached hydrogens (tertiary/aromatic N) is 1. The van der Waals surface area contributed by atoms with Gasteiger partial charge in [-0.05, 0) is 18.9 Å². The molecular formula is C13H15ClN2O2S2. The summed E-state index contributed by atoms with van der Waals surface area (Å²) < 4.78 is 27.9. The van der Waals surface area contributed by atoms with Crippen LogP contribution in [0.3, 0.4) is 0 Å². The van der Waals surface area contributed by atoms with Crippen molar-refractivity contribution in [3.05, 3.63) is 46.1 Å². The van der Waals surface area contributed by atoms with E-state index < -0.39 is 10.0 Å². The molecule has 1 N–H and O–H groups in total. The molecule has 7 heteroatoms. The van der Waals surface area contributed by atoms with E-state index in [4.69, 9.17) is 11.6 Å². The Morgan fingerprint density at radius 1 is 1.35 bits per heavy atom. The zero-order valence-corrected chi connectivity index (χ0v) is 13.5. The highest BCUT2D eigenvalue weighted by Crippen LogP contribution is 2.28.